The van der Waals surface area contributed by atoms with E-state index in [2.05, 4.69) is 17.2 Å². The lowest BCUT2D eigenvalue weighted by atomic mass is 9.73. The van der Waals surface area contributed by atoms with Crippen LogP contribution in [0.1, 0.15) is 44.4 Å². The molecule has 1 aliphatic carbocycles. The Labute approximate surface area is 111 Å². The minimum Gasteiger partial charge on any atom is -0.380 e. The van der Waals surface area contributed by atoms with E-state index >= 15 is 0 Å². The predicted octanol–water partition coefficient (Wildman–Crippen LogP) is 2.59. The molecule has 1 saturated carbocycles. The molecular formula is C13H20N2O2S. The first kappa shape index (κ1) is 13.5. The zero-order valence-corrected chi connectivity index (χ0v) is 11.7. The van der Waals surface area contributed by atoms with Crippen LogP contribution in [0.5, 0.6) is 0 Å². The summed E-state index contributed by atoms with van der Waals surface area (Å²) in [4.78, 5) is 17.4. The van der Waals surface area contributed by atoms with Gasteiger partial charge in [0.1, 0.15) is 5.60 Å². The number of amides is 1. The predicted molar refractivity (Wildman–Crippen MR) is 72.7 cm³/mol. The Morgan fingerprint density at radius 2 is 2.39 bits per heavy atom. The van der Waals surface area contributed by atoms with Gasteiger partial charge in [0.15, 0.2) is 5.13 Å². The molecule has 1 heterocycles. The second-order valence-electron chi connectivity index (χ2n) is 5.11. The third kappa shape index (κ3) is 2.72. The van der Waals surface area contributed by atoms with Crippen molar-refractivity contribution in [3.63, 3.8) is 0 Å². The lowest BCUT2D eigenvalue weighted by Gasteiger charge is -2.37. The van der Waals surface area contributed by atoms with Gasteiger partial charge in [-0.3, -0.25) is 10.1 Å². The van der Waals surface area contributed by atoms with Gasteiger partial charge in [0.25, 0.3) is 5.91 Å². The van der Waals surface area contributed by atoms with E-state index in [0.717, 1.165) is 37.0 Å². The molecule has 0 aromatic carbocycles. The van der Waals surface area contributed by atoms with E-state index in [4.69, 9.17) is 0 Å². The highest BCUT2D eigenvalue weighted by Gasteiger charge is 2.42. The second kappa shape index (κ2) is 5.36. The largest absolute Gasteiger partial charge is 0.380 e. The summed E-state index contributed by atoms with van der Waals surface area (Å²) in [7, 11) is 0. The Kier molecular flexibility index (Phi) is 4.02. The molecule has 1 amide bonds. The maximum atomic E-state index is 12.0. The highest BCUT2D eigenvalue weighted by molar-refractivity contribution is 7.15. The molecule has 4 nitrogen and oxygen atoms in total. The van der Waals surface area contributed by atoms with Gasteiger partial charge in [0, 0.05) is 11.1 Å². The van der Waals surface area contributed by atoms with Crippen LogP contribution in [0.3, 0.4) is 0 Å². The number of thiazole rings is 1. The van der Waals surface area contributed by atoms with Crippen molar-refractivity contribution < 1.29 is 9.90 Å². The fraction of sp³-hybridized carbons (Fsp3) is 0.692. The summed E-state index contributed by atoms with van der Waals surface area (Å²) in [5.41, 5.74) is -1.27. The third-order valence-electron chi connectivity index (χ3n) is 3.63. The van der Waals surface area contributed by atoms with E-state index in [1.165, 1.54) is 11.3 Å². The Hall–Kier alpha value is -0.940. The normalized spacial score (nSPS) is 19.1. The molecule has 0 radical (unpaired) electrons. The standard InChI is InChI=1S/C13H20N2O2S/c1-3-5-10-8-14-12(18-10)15-11(16)13(2,17)9-6-4-7-9/h8-9,17H,3-7H2,1-2H3,(H,14,15,16). The smallest absolute Gasteiger partial charge is 0.258 e. The van der Waals surface area contributed by atoms with E-state index in [-0.39, 0.29) is 11.8 Å². The summed E-state index contributed by atoms with van der Waals surface area (Å²) in [5.74, 6) is -0.239. The van der Waals surface area contributed by atoms with Crippen molar-refractivity contribution in [2.75, 3.05) is 5.32 Å². The number of carbonyl (C=O) groups excluding carboxylic acids is 1. The molecule has 0 bridgehead atoms. The van der Waals surface area contributed by atoms with Crippen LogP contribution in [0.15, 0.2) is 6.20 Å². The average Bonchev–Trinajstić information content (AvgIpc) is 2.62. The molecule has 18 heavy (non-hydrogen) atoms. The number of nitrogens with zero attached hydrogens (tertiary/aromatic N) is 1. The maximum Gasteiger partial charge on any atom is 0.258 e. The monoisotopic (exact) mass is 268 g/mol. The van der Waals surface area contributed by atoms with Crippen LogP contribution < -0.4 is 5.32 Å². The number of carbonyl (C=O) groups is 1. The number of rotatable bonds is 5. The molecule has 100 valence electrons. The van der Waals surface area contributed by atoms with Crippen molar-refractivity contribution in [2.45, 2.75) is 51.6 Å². The number of hydrogen-bond donors (Lipinski definition) is 2. The first-order valence-corrected chi connectivity index (χ1v) is 7.34. The molecule has 1 unspecified atom stereocenters. The van der Waals surface area contributed by atoms with Crippen LogP contribution >= 0.6 is 11.3 Å². The second-order valence-corrected chi connectivity index (χ2v) is 6.23. The van der Waals surface area contributed by atoms with Gasteiger partial charge in [0.2, 0.25) is 0 Å². The van der Waals surface area contributed by atoms with Gasteiger partial charge in [0.05, 0.1) is 0 Å². The molecule has 1 aromatic rings. The van der Waals surface area contributed by atoms with E-state index in [1.807, 2.05) is 0 Å². The lowest BCUT2D eigenvalue weighted by Crippen LogP contribution is -2.49. The summed E-state index contributed by atoms with van der Waals surface area (Å²) in [6.45, 7) is 3.71. The highest BCUT2D eigenvalue weighted by Crippen LogP contribution is 2.36. The molecule has 1 aromatic heterocycles. The SMILES string of the molecule is CCCc1cnc(NC(=O)C(C)(O)C2CCC2)s1. The molecule has 1 fully saturated rings. The van der Waals surface area contributed by atoms with Crippen molar-refractivity contribution in [3.8, 4) is 0 Å². The van der Waals surface area contributed by atoms with Crippen LogP contribution in [0.25, 0.3) is 0 Å². The molecule has 0 spiro atoms. The van der Waals surface area contributed by atoms with Gasteiger partial charge in [-0.25, -0.2) is 4.98 Å². The van der Waals surface area contributed by atoms with E-state index in [1.54, 1.807) is 13.1 Å². The van der Waals surface area contributed by atoms with Crippen LogP contribution in [-0.2, 0) is 11.2 Å². The minimum absolute atomic E-state index is 0.0903. The van der Waals surface area contributed by atoms with Crippen LogP contribution in [-0.4, -0.2) is 21.6 Å². The number of anilines is 1. The first-order chi connectivity index (χ1) is 8.54. The molecule has 2 N–H and O–H groups in total. The summed E-state index contributed by atoms with van der Waals surface area (Å²) < 4.78 is 0. The molecule has 5 heteroatoms. The number of nitrogens with one attached hydrogen (secondary N) is 1. The number of aromatic nitrogens is 1. The zero-order valence-electron chi connectivity index (χ0n) is 10.9. The van der Waals surface area contributed by atoms with E-state index in [0.29, 0.717) is 5.13 Å². The van der Waals surface area contributed by atoms with Crippen molar-refractivity contribution in [1.82, 2.24) is 4.98 Å². The topological polar surface area (TPSA) is 62.2 Å². The fourth-order valence-electron chi connectivity index (χ4n) is 2.11. The Balaban J connectivity index is 1.97. The molecule has 2 rings (SSSR count). The molecule has 1 atom stereocenters. The maximum absolute atomic E-state index is 12.0. The van der Waals surface area contributed by atoms with Gasteiger partial charge < -0.3 is 5.11 Å². The van der Waals surface area contributed by atoms with Crippen molar-refractivity contribution >= 4 is 22.4 Å². The van der Waals surface area contributed by atoms with Gasteiger partial charge in [-0.05, 0) is 32.1 Å². The summed E-state index contributed by atoms with van der Waals surface area (Å²) >= 11 is 1.49. The summed E-state index contributed by atoms with van der Waals surface area (Å²) in [6.07, 6.45) is 6.80. The summed E-state index contributed by atoms with van der Waals surface area (Å²) in [6, 6.07) is 0. The number of aryl methyl sites for hydroxylation is 1. The van der Waals surface area contributed by atoms with Gasteiger partial charge in [-0.2, -0.15) is 0 Å². The van der Waals surface area contributed by atoms with Crippen molar-refractivity contribution in [1.29, 1.82) is 0 Å². The Morgan fingerprint density at radius 1 is 1.67 bits per heavy atom. The molecule has 0 aliphatic heterocycles. The van der Waals surface area contributed by atoms with Gasteiger partial charge in [-0.1, -0.05) is 19.8 Å². The van der Waals surface area contributed by atoms with Crippen molar-refractivity contribution in [2.24, 2.45) is 5.92 Å². The van der Waals surface area contributed by atoms with Crippen molar-refractivity contribution in [3.05, 3.63) is 11.1 Å². The van der Waals surface area contributed by atoms with E-state index in [9.17, 15) is 9.90 Å². The van der Waals surface area contributed by atoms with Gasteiger partial charge >= 0.3 is 0 Å². The number of hydrogen-bond acceptors (Lipinski definition) is 4. The highest BCUT2D eigenvalue weighted by atomic mass is 32.1. The Bertz CT molecular complexity index is 424. The molecule has 0 saturated heterocycles. The fourth-order valence-corrected chi connectivity index (χ4v) is 3.02. The van der Waals surface area contributed by atoms with Gasteiger partial charge in [-0.15, -0.1) is 11.3 Å². The first-order valence-electron chi connectivity index (χ1n) is 6.52. The van der Waals surface area contributed by atoms with Crippen LogP contribution in [0.2, 0.25) is 0 Å². The van der Waals surface area contributed by atoms with Crippen LogP contribution in [0.4, 0.5) is 5.13 Å². The quantitative estimate of drug-likeness (QED) is 0.862. The lowest BCUT2D eigenvalue weighted by molar-refractivity contribution is -0.141. The zero-order chi connectivity index (χ0) is 13.2. The minimum atomic E-state index is -1.27. The molecular weight excluding hydrogens is 248 g/mol. The van der Waals surface area contributed by atoms with Crippen LogP contribution in [0, 0.1) is 5.92 Å². The Morgan fingerprint density at radius 3 is 2.94 bits per heavy atom. The number of aliphatic hydroxyl groups is 1. The average molecular weight is 268 g/mol. The third-order valence-corrected chi connectivity index (χ3v) is 4.60. The molecule has 1 aliphatic rings. The summed E-state index contributed by atoms with van der Waals surface area (Å²) in [5, 5.41) is 13.6. The van der Waals surface area contributed by atoms with E-state index < -0.39 is 5.60 Å².